The first-order valence-corrected chi connectivity index (χ1v) is 7.66. The smallest absolute Gasteiger partial charge is 0.257 e. The van der Waals surface area contributed by atoms with E-state index in [0.29, 0.717) is 5.88 Å². The van der Waals surface area contributed by atoms with E-state index in [4.69, 9.17) is 11.6 Å². The van der Waals surface area contributed by atoms with Crippen LogP contribution in [0.15, 0.2) is 0 Å². The van der Waals surface area contributed by atoms with Crippen LogP contribution in [0.25, 0.3) is 0 Å². The van der Waals surface area contributed by atoms with Gasteiger partial charge in [0.25, 0.3) is 5.91 Å². The summed E-state index contributed by atoms with van der Waals surface area (Å²) < 4.78 is 1.78. The number of hydrogen-bond acceptors (Lipinski definition) is 3. The Balaban J connectivity index is 2.09. The molecule has 112 valence electrons. The summed E-state index contributed by atoms with van der Waals surface area (Å²) in [5, 5.41) is 4.34. The first kappa shape index (κ1) is 15.3. The van der Waals surface area contributed by atoms with Gasteiger partial charge >= 0.3 is 0 Å². The summed E-state index contributed by atoms with van der Waals surface area (Å²) in [6.07, 6.45) is 1.00. The topological polar surface area (TPSA) is 41.4 Å². The maximum absolute atomic E-state index is 12.7. The van der Waals surface area contributed by atoms with Crippen molar-refractivity contribution in [3.63, 3.8) is 0 Å². The molecule has 0 radical (unpaired) electrons. The zero-order chi connectivity index (χ0) is 14.7. The van der Waals surface area contributed by atoms with Crippen molar-refractivity contribution >= 4 is 17.5 Å². The van der Waals surface area contributed by atoms with Crippen LogP contribution in [0, 0.1) is 13.8 Å². The maximum Gasteiger partial charge on any atom is 0.257 e. The van der Waals surface area contributed by atoms with Crippen LogP contribution in [0.3, 0.4) is 0 Å². The number of carbonyl (C=O) groups is 1. The van der Waals surface area contributed by atoms with Gasteiger partial charge < -0.3 is 9.80 Å². The second-order valence-electron chi connectivity index (χ2n) is 5.35. The van der Waals surface area contributed by atoms with E-state index in [9.17, 15) is 4.79 Å². The van der Waals surface area contributed by atoms with Gasteiger partial charge in [0.2, 0.25) is 0 Å². The number of carbonyl (C=O) groups excluding carboxylic acids is 1. The van der Waals surface area contributed by atoms with Gasteiger partial charge in [-0.05, 0) is 26.8 Å². The van der Waals surface area contributed by atoms with Crippen LogP contribution in [-0.4, -0.2) is 64.1 Å². The van der Waals surface area contributed by atoms with Crippen LogP contribution >= 0.6 is 11.6 Å². The van der Waals surface area contributed by atoms with Crippen LogP contribution in [-0.2, 0) is 7.05 Å². The van der Waals surface area contributed by atoms with Crippen LogP contribution in [0.5, 0.6) is 0 Å². The number of rotatable bonds is 3. The number of halogens is 1. The van der Waals surface area contributed by atoms with Crippen molar-refractivity contribution in [2.45, 2.75) is 20.3 Å². The minimum Gasteiger partial charge on any atom is -0.337 e. The van der Waals surface area contributed by atoms with Crippen molar-refractivity contribution in [1.82, 2.24) is 19.6 Å². The Bertz CT molecular complexity index is 486. The highest BCUT2D eigenvalue weighted by Crippen LogP contribution is 2.16. The molecule has 0 aliphatic carbocycles. The van der Waals surface area contributed by atoms with Crippen molar-refractivity contribution in [2.24, 2.45) is 7.05 Å². The Morgan fingerprint density at radius 1 is 1.25 bits per heavy atom. The average Bonchev–Trinajstić information content (AvgIpc) is 2.59. The third kappa shape index (κ3) is 3.15. The second-order valence-corrected chi connectivity index (χ2v) is 5.72. The zero-order valence-electron chi connectivity index (χ0n) is 12.5. The first-order valence-electron chi connectivity index (χ1n) is 7.12. The Morgan fingerprint density at radius 2 is 2.00 bits per heavy atom. The fraction of sp³-hybridized carbons (Fsp3) is 0.714. The lowest BCUT2D eigenvalue weighted by Gasteiger charge is -2.21. The van der Waals surface area contributed by atoms with Gasteiger partial charge in [-0.15, -0.1) is 11.6 Å². The predicted molar refractivity (Wildman–Crippen MR) is 80.4 cm³/mol. The van der Waals surface area contributed by atoms with E-state index < -0.39 is 0 Å². The highest BCUT2D eigenvalue weighted by Gasteiger charge is 2.24. The summed E-state index contributed by atoms with van der Waals surface area (Å²) in [6, 6.07) is 0. The van der Waals surface area contributed by atoms with E-state index in [2.05, 4.69) is 10.00 Å². The van der Waals surface area contributed by atoms with E-state index in [1.807, 2.05) is 25.8 Å². The number of aromatic nitrogens is 2. The molecule has 1 fully saturated rings. The SMILES string of the molecule is Cc1nn(C)c(C)c1C(=O)N1CCCN(CCCl)CC1. The van der Waals surface area contributed by atoms with E-state index in [-0.39, 0.29) is 5.91 Å². The largest absolute Gasteiger partial charge is 0.337 e. The zero-order valence-corrected chi connectivity index (χ0v) is 13.3. The van der Waals surface area contributed by atoms with Crippen LogP contribution in [0.1, 0.15) is 28.2 Å². The van der Waals surface area contributed by atoms with Gasteiger partial charge in [0.15, 0.2) is 0 Å². The Labute approximate surface area is 125 Å². The molecular weight excluding hydrogens is 276 g/mol. The molecule has 0 bridgehead atoms. The summed E-state index contributed by atoms with van der Waals surface area (Å²) >= 11 is 5.79. The summed E-state index contributed by atoms with van der Waals surface area (Å²) in [5.74, 6) is 0.759. The molecule has 1 amide bonds. The Morgan fingerprint density at radius 3 is 2.60 bits per heavy atom. The van der Waals surface area contributed by atoms with Gasteiger partial charge in [0, 0.05) is 44.8 Å². The molecule has 0 unspecified atom stereocenters. The molecular formula is C14H23ClN4O. The fourth-order valence-electron chi connectivity index (χ4n) is 2.76. The predicted octanol–water partition coefficient (Wildman–Crippen LogP) is 1.42. The van der Waals surface area contributed by atoms with Crippen molar-refractivity contribution in [1.29, 1.82) is 0 Å². The quantitative estimate of drug-likeness (QED) is 0.793. The first-order chi connectivity index (χ1) is 9.54. The third-order valence-electron chi connectivity index (χ3n) is 4.00. The average molecular weight is 299 g/mol. The summed E-state index contributed by atoms with van der Waals surface area (Å²) in [4.78, 5) is 17.0. The van der Waals surface area contributed by atoms with Gasteiger partial charge in [-0.2, -0.15) is 5.10 Å². The normalized spacial score (nSPS) is 17.3. The maximum atomic E-state index is 12.7. The molecule has 2 heterocycles. The number of alkyl halides is 1. The lowest BCUT2D eigenvalue weighted by atomic mass is 10.1. The highest BCUT2D eigenvalue weighted by molar-refractivity contribution is 6.18. The molecule has 1 saturated heterocycles. The molecule has 0 spiro atoms. The Kier molecular flexibility index (Phi) is 5.05. The monoisotopic (exact) mass is 298 g/mol. The number of hydrogen-bond donors (Lipinski definition) is 0. The van der Waals surface area contributed by atoms with Crippen LogP contribution in [0.4, 0.5) is 0 Å². The van der Waals surface area contributed by atoms with Gasteiger partial charge in [0.05, 0.1) is 11.3 Å². The van der Waals surface area contributed by atoms with Crippen molar-refractivity contribution in [3.8, 4) is 0 Å². The lowest BCUT2D eigenvalue weighted by Crippen LogP contribution is -2.36. The molecule has 0 N–H and O–H groups in total. The number of aryl methyl sites for hydroxylation is 2. The molecule has 2 rings (SSSR count). The number of amides is 1. The second kappa shape index (κ2) is 6.59. The minimum atomic E-state index is 0.112. The summed E-state index contributed by atoms with van der Waals surface area (Å²) in [7, 11) is 1.88. The molecule has 1 aliphatic heterocycles. The van der Waals surface area contributed by atoms with Crippen molar-refractivity contribution in [2.75, 3.05) is 38.6 Å². The molecule has 20 heavy (non-hydrogen) atoms. The van der Waals surface area contributed by atoms with E-state index >= 15 is 0 Å². The Hall–Kier alpha value is -1.07. The van der Waals surface area contributed by atoms with Gasteiger partial charge in [-0.25, -0.2) is 0 Å². The van der Waals surface area contributed by atoms with Gasteiger partial charge in [-0.3, -0.25) is 9.48 Å². The minimum absolute atomic E-state index is 0.112. The molecule has 1 aromatic heterocycles. The van der Waals surface area contributed by atoms with Crippen LogP contribution < -0.4 is 0 Å². The molecule has 5 nitrogen and oxygen atoms in total. The third-order valence-corrected chi connectivity index (χ3v) is 4.17. The molecule has 0 aromatic carbocycles. The standard InChI is InChI=1S/C14H23ClN4O/c1-11-13(12(2)17(3)16-11)14(20)19-7-4-6-18(8-5-15)9-10-19/h4-10H2,1-3H3. The summed E-state index contributed by atoms with van der Waals surface area (Å²) in [6.45, 7) is 8.24. The van der Waals surface area contributed by atoms with Gasteiger partial charge in [0.1, 0.15) is 0 Å². The molecule has 6 heteroatoms. The van der Waals surface area contributed by atoms with Crippen molar-refractivity contribution in [3.05, 3.63) is 17.0 Å². The highest BCUT2D eigenvalue weighted by atomic mass is 35.5. The molecule has 0 saturated carbocycles. The van der Waals surface area contributed by atoms with E-state index in [1.165, 1.54) is 0 Å². The van der Waals surface area contributed by atoms with Gasteiger partial charge in [-0.1, -0.05) is 0 Å². The van der Waals surface area contributed by atoms with Crippen LogP contribution in [0.2, 0.25) is 0 Å². The summed E-state index contributed by atoms with van der Waals surface area (Å²) in [5.41, 5.74) is 2.52. The molecule has 0 atom stereocenters. The molecule has 1 aliphatic rings. The fourth-order valence-corrected chi connectivity index (χ4v) is 3.00. The lowest BCUT2D eigenvalue weighted by molar-refractivity contribution is 0.0760. The van der Waals surface area contributed by atoms with Crippen molar-refractivity contribution < 1.29 is 4.79 Å². The van der Waals surface area contributed by atoms with E-state index in [1.54, 1.807) is 4.68 Å². The van der Waals surface area contributed by atoms with E-state index in [0.717, 1.165) is 56.1 Å². The molecule has 1 aromatic rings. The number of nitrogens with zero attached hydrogens (tertiary/aromatic N) is 4.